The van der Waals surface area contributed by atoms with Gasteiger partial charge in [0.25, 0.3) is 0 Å². The Balaban J connectivity index is 0.00000312. The average Bonchev–Trinajstić information content (AvgIpc) is 2.58. The Kier molecular flexibility index (Phi) is 9.34. The summed E-state index contributed by atoms with van der Waals surface area (Å²) in [7, 11) is 5.00. The van der Waals surface area contributed by atoms with Crippen LogP contribution < -0.4 is 20.5 Å². The molecule has 2 rings (SSSR count). The van der Waals surface area contributed by atoms with Gasteiger partial charge in [0.15, 0.2) is 17.5 Å². The highest BCUT2D eigenvalue weighted by atomic mass is 127. The van der Waals surface area contributed by atoms with Crippen LogP contribution in [0.2, 0.25) is 0 Å². The zero-order valence-electron chi connectivity index (χ0n) is 15.3. The van der Waals surface area contributed by atoms with Gasteiger partial charge < -0.3 is 25.3 Å². The minimum absolute atomic E-state index is 0. The van der Waals surface area contributed by atoms with Gasteiger partial charge in [0.2, 0.25) is 0 Å². The maximum Gasteiger partial charge on any atom is 0.188 e. The van der Waals surface area contributed by atoms with E-state index in [0.717, 1.165) is 25.1 Å². The molecule has 0 amide bonds. The lowest BCUT2D eigenvalue weighted by atomic mass is 9.67. The number of methoxy groups -OCH3 is 3. The molecule has 6 nitrogen and oxygen atoms in total. The minimum Gasteiger partial charge on any atom is -0.493 e. The smallest absolute Gasteiger partial charge is 0.188 e. The third-order valence-corrected chi connectivity index (χ3v) is 4.78. The van der Waals surface area contributed by atoms with E-state index in [1.54, 1.807) is 21.3 Å². The van der Waals surface area contributed by atoms with E-state index in [0.29, 0.717) is 29.4 Å². The number of nitrogens with one attached hydrogen (secondary N) is 1. The van der Waals surface area contributed by atoms with Crippen molar-refractivity contribution in [1.29, 1.82) is 0 Å². The van der Waals surface area contributed by atoms with Crippen LogP contribution in [0.1, 0.15) is 31.2 Å². The molecular weight excluding hydrogens is 433 g/mol. The molecular formula is C18H30IN3O3. The van der Waals surface area contributed by atoms with Crippen LogP contribution in [0.3, 0.4) is 0 Å². The van der Waals surface area contributed by atoms with E-state index >= 15 is 0 Å². The molecule has 0 heterocycles. The number of halogens is 1. The van der Waals surface area contributed by atoms with E-state index in [9.17, 15) is 0 Å². The first kappa shape index (κ1) is 21.8. The molecule has 0 unspecified atom stereocenters. The van der Waals surface area contributed by atoms with Gasteiger partial charge in [0, 0.05) is 20.3 Å². The fourth-order valence-corrected chi connectivity index (χ4v) is 3.00. The predicted octanol–water partition coefficient (Wildman–Crippen LogP) is 2.93. The van der Waals surface area contributed by atoms with E-state index < -0.39 is 0 Å². The third-order valence-electron chi connectivity index (χ3n) is 4.78. The lowest BCUT2D eigenvalue weighted by molar-refractivity contribution is 0.0734. The first-order valence-corrected chi connectivity index (χ1v) is 8.36. The number of nitrogens with two attached hydrogens (primary N) is 1. The molecule has 0 bridgehead atoms. The monoisotopic (exact) mass is 463 g/mol. The second kappa shape index (κ2) is 10.7. The summed E-state index contributed by atoms with van der Waals surface area (Å²) in [6.07, 6.45) is 4.81. The van der Waals surface area contributed by atoms with Gasteiger partial charge in [-0.3, -0.25) is 0 Å². The number of benzene rings is 1. The van der Waals surface area contributed by atoms with E-state index in [1.807, 2.05) is 18.2 Å². The van der Waals surface area contributed by atoms with Crippen LogP contribution in [0, 0.1) is 5.41 Å². The standard InChI is InChI=1S/C18H29N3O3.HI/c1-22-10-9-18(7-4-8-18)13-21-17(19)20-12-14-5-6-15(23-2)16(11-14)24-3;/h5-6,11H,4,7-10,12-13H2,1-3H3,(H3,19,20,21);1H. The lowest BCUT2D eigenvalue weighted by Crippen LogP contribution is -2.45. The van der Waals surface area contributed by atoms with Crippen LogP contribution >= 0.6 is 24.0 Å². The molecule has 1 aliphatic rings. The number of ether oxygens (including phenoxy) is 3. The van der Waals surface area contributed by atoms with E-state index in [1.165, 1.54) is 19.3 Å². The number of rotatable bonds is 9. The molecule has 1 saturated carbocycles. The van der Waals surface area contributed by atoms with Crippen molar-refractivity contribution in [3.05, 3.63) is 23.8 Å². The molecule has 25 heavy (non-hydrogen) atoms. The van der Waals surface area contributed by atoms with E-state index in [-0.39, 0.29) is 24.0 Å². The number of hydrogen-bond donors (Lipinski definition) is 2. The van der Waals surface area contributed by atoms with Crippen molar-refractivity contribution in [3.63, 3.8) is 0 Å². The van der Waals surface area contributed by atoms with Crippen LogP contribution in [0.25, 0.3) is 0 Å². The molecule has 1 aliphatic carbocycles. The normalized spacial score (nSPS) is 15.7. The summed E-state index contributed by atoms with van der Waals surface area (Å²) < 4.78 is 15.8. The van der Waals surface area contributed by atoms with Gasteiger partial charge in [-0.05, 0) is 42.4 Å². The van der Waals surface area contributed by atoms with Crippen molar-refractivity contribution in [2.75, 3.05) is 34.5 Å². The molecule has 0 aliphatic heterocycles. The Morgan fingerprint density at radius 3 is 2.48 bits per heavy atom. The molecule has 0 saturated heterocycles. The SMILES string of the molecule is COCCC1(CNC(N)=NCc2ccc(OC)c(OC)c2)CCC1.I. The van der Waals surface area contributed by atoms with Crippen molar-refractivity contribution in [2.24, 2.45) is 16.1 Å². The summed E-state index contributed by atoms with van der Waals surface area (Å²) in [5.74, 6) is 1.89. The van der Waals surface area contributed by atoms with Gasteiger partial charge in [-0.1, -0.05) is 12.5 Å². The van der Waals surface area contributed by atoms with Crippen molar-refractivity contribution in [1.82, 2.24) is 5.32 Å². The second-order valence-electron chi connectivity index (χ2n) is 6.34. The Morgan fingerprint density at radius 2 is 1.92 bits per heavy atom. The molecule has 142 valence electrons. The van der Waals surface area contributed by atoms with Crippen LogP contribution in [0.4, 0.5) is 0 Å². The van der Waals surface area contributed by atoms with Crippen molar-refractivity contribution >= 4 is 29.9 Å². The number of hydrogen-bond acceptors (Lipinski definition) is 4. The maximum absolute atomic E-state index is 6.01. The summed E-state index contributed by atoms with van der Waals surface area (Å²) in [5.41, 5.74) is 7.36. The number of guanidine groups is 1. The molecule has 1 aromatic carbocycles. The van der Waals surface area contributed by atoms with Gasteiger partial charge in [-0.15, -0.1) is 24.0 Å². The first-order valence-electron chi connectivity index (χ1n) is 8.36. The van der Waals surface area contributed by atoms with Crippen molar-refractivity contribution in [3.8, 4) is 11.5 Å². The zero-order chi connectivity index (χ0) is 17.4. The second-order valence-corrected chi connectivity index (χ2v) is 6.34. The Hall–Kier alpha value is -1.22. The van der Waals surface area contributed by atoms with Crippen LogP contribution in [-0.4, -0.2) is 40.4 Å². The number of aliphatic imine (C=N–C) groups is 1. The average molecular weight is 463 g/mol. The molecule has 3 N–H and O–H groups in total. The summed E-state index contributed by atoms with van der Waals surface area (Å²) in [6, 6.07) is 5.76. The highest BCUT2D eigenvalue weighted by Crippen LogP contribution is 2.43. The fraction of sp³-hybridized carbons (Fsp3) is 0.611. The molecule has 7 heteroatoms. The van der Waals surface area contributed by atoms with Crippen molar-refractivity contribution < 1.29 is 14.2 Å². The lowest BCUT2D eigenvalue weighted by Gasteiger charge is -2.42. The largest absolute Gasteiger partial charge is 0.493 e. The summed E-state index contributed by atoms with van der Waals surface area (Å²) >= 11 is 0. The van der Waals surface area contributed by atoms with E-state index in [4.69, 9.17) is 19.9 Å². The Bertz CT molecular complexity index is 562. The highest BCUT2D eigenvalue weighted by molar-refractivity contribution is 14.0. The molecule has 0 spiro atoms. The van der Waals surface area contributed by atoms with Gasteiger partial charge in [-0.25, -0.2) is 4.99 Å². The molecule has 0 radical (unpaired) electrons. The minimum atomic E-state index is 0. The maximum atomic E-state index is 6.01. The highest BCUT2D eigenvalue weighted by Gasteiger charge is 2.36. The van der Waals surface area contributed by atoms with Crippen LogP contribution in [0.5, 0.6) is 11.5 Å². The predicted molar refractivity (Wildman–Crippen MR) is 111 cm³/mol. The van der Waals surface area contributed by atoms with E-state index in [2.05, 4.69) is 10.3 Å². The van der Waals surface area contributed by atoms with Gasteiger partial charge >= 0.3 is 0 Å². The molecule has 1 aromatic rings. The van der Waals surface area contributed by atoms with Gasteiger partial charge in [-0.2, -0.15) is 0 Å². The first-order chi connectivity index (χ1) is 11.6. The Labute approximate surface area is 167 Å². The van der Waals surface area contributed by atoms with Crippen molar-refractivity contribution in [2.45, 2.75) is 32.2 Å². The zero-order valence-corrected chi connectivity index (χ0v) is 17.7. The fourth-order valence-electron chi connectivity index (χ4n) is 3.00. The molecule has 1 fully saturated rings. The van der Waals surface area contributed by atoms with Gasteiger partial charge in [0.05, 0.1) is 20.8 Å². The summed E-state index contributed by atoms with van der Waals surface area (Å²) in [4.78, 5) is 4.42. The van der Waals surface area contributed by atoms with Crippen LogP contribution in [-0.2, 0) is 11.3 Å². The summed E-state index contributed by atoms with van der Waals surface area (Å²) in [5, 5.41) is 3.27. The molecule has 0 atom stereocenters. The number of nitrogens with zero attached hydrogens (tertiary/aromatic N) is 1. The summed E-state index contributed by atoms with van der Waals surface area (Å²) in [6.45, 7) is 2.16. The van der Waals surface area contributed by atoms with Gasteiger partial charge in [0.1, 0.15) is 0 Å². The van der Waals surface area contributed by atoms with Crippen LogP contribution in [0.15, 0.2) is 23.2 Å². The Morgan fingerprint density at radius 1 is 1.20 bits per heavy atom. The quantitative estimate of drug-likeness (QED) is 0.335. The third kappa shape index (κ3) is 6.22. The molecule has 0 aromatic heterocycles. The topological polar surface area (TPSA) is 78.1 Å².